The summed E-state index contributed by atoms with van der Waals surface area (Å²) in [4.78, 5) is 14.6. The number of β-amino-alcohol motifs (C(OH)–C–C–N with tert-alkyl or cyclic N) is 1. The van der Waals surface area contributed by atoms with Crippen molar-refractivity contribution in [3.63, 3.8) is 0 Å². The molecule has 0 amide bonds. The topological polar surface area (TPSA) is 49.8 Å². The third-order valence-electron chi connectivity index (χ3n) is 5.83. The predicted molar refractivity (Wildman–Crippen MR) is 99.1 cm³/mol. The number of aliphatic hydroxyl groups is 1. The molecule has 2 aromatic carbocycles. The Morgan fingerprint density at radius 2 is 2.00 bits per heavy atom. The number of carbonyl (C=O) groups is 1. The Morgan fingerprint density at radius 3 is 2.78 bits per heavy atom. The van der Waals surface area contributed by atoms with Crippen LogP contribution in [0.3, 0.4) is 0 Å². The number of hydrogen-bond donors (Lipinski definition) is 1. The number of halogens is 1. The van der Waals surface area contributed by atoms with Crippen LogP contribution in [-0.4, -0.2) is 30.8 Å². The molecule has 1 atom stereocenters. The van der Waals surface area contributed by atoms with Crippen LogP contribution in [0.1, 0.15) is 34.6 Å². The summed E-state index contributed by atoms with van der Waals surface area (Å²) in [6.45, 7) is 0.569. The molecule has 1 aliphatic carbocycles. The van der Waals surface area contributed by atoms with Crippen molar-refractivity contribution in [2.45, 2.75) is 25.2 Å². The monoisotopic (exact) mass is 365 g/mol. The summed E-state index contributed by atoms with van der Waals surface area (Å²) in [7, 11) is 0. The second-order valence-corrected chi connectivity index (χ2v) is 7.33. The molecule has 0 spiro atoms. The van der Waals surface area contributed by atoms with Crippen molar-refractivity contribution in [3.05, 3.63) is 75.7 Å². The normalized spacial score (nSPS) is 20.4. The van der Waals surface area contributed by atoms with Crippen molar-refractivity contribution in [3.8, 4) is 0 Å². The molecule has 0 radical (unpaired) electrons. The number of ether oxygens (including phenoxy) is 1. The highest BCUT2D eigenvalue weighted by Crippen LogP contribution is 2.48. The zero-order valence-electron chi connectivity index (χ0n) is 14.9. The van der Waals surface area contributed by atoms with E-state index in [9.17, 15) is 14.3 Å². The fraction of sp³-hybridized carbons (Fsp3) is 0.318. The number of fused-ring (bicyclic) bond motifs is 2. The number of cyclic esters (lactones) is 1. The van der Waals surface area contributed by atoms with Crippen molar-refractivity contribution in [2.75, 3.05) is 24.7 Å². The molecule has 0 saturated heterocycles. The lowest BCUT2D eigenvalue weighted by Gasteiger charge is -2.36. The van der Waals surface area contributed by atoms with E-state index in [-0.39, 0.29) is 30.9 Å². The Morgan fingerprint density at radius 1 is 1.19 bits per heavy atom. The molecule has 0 aromatic heterocycles. The summed E-state index contributed by atoms with van der Waals surface area (Å²) in [5, 5.41) is 9.60. The number of rotatable bonds is 3. The summed E-state index contributed by atoms with van der Waals surface area (Å²) in [5.74, 6) is -1.02. The number of aryl methyl sites for hydroxylation is 2. The molecule has 138 valence electrons. The molecular weight excluding hydrogens is 345 g/mol. The number of hydrogen-bond acceptors (Lipinski definition) is 4. The smallest absolute Gasteiger partial charge is 0.337 e. The fourth-order valence-corrected chi connectivity index (χ4v) is 4.70. The van der Waals surface area contributed by atoms with Gasteiger partial charge >= 0.3 is 5.97 Å². The van der Waals surface area contributed by atoms with Crippen LogP contribution in [0.25, 0.3) is 0 Å². The van der Waals surface area contributed by atoms with Gasteiger partial charge in [0.1, 0.15) is 12.4 Å². The Bertz CT molecular complexity index is 982. The highest BCUT2D eigenvalue weighted by molar-refractivity contribution is 5.97. The van der Waals surface area contributed by atoms with Crippen LogP contribution in [-0.2, 0) is 22.4 Å². The third kappa shape index (κ3) is 2.49. The summed E-state index contributed by atoms with van der Waals surface area (Å²) in [6.07, 6.45) is 3.19. The van der Waals surface area contributed by atoms with Gasteiger partial charge in [0.2, 0.25) is 0 Å². The second-order valence-electron chi connectivity index (χ2n) is 7.33. The first-order chi connectivity index (χ1) is 13.2. The molecule has 0 fully saturated rings. The van der Waals surface area contributed by atoms with Crippen LogP contribution in [0.4, 0.5) is 10.1 Å². The molecule has 27 heavy (non-hydrogen) atoms. The first-order valence-corrected chi connectivity index (χ1v) is 9.37. The van der Waals surface area contributed by atoms with Crippen LogP contribution in [0.2, 0.25) is 0 Å². The number of carbonyl (C=O) groups excluding carboxylic acids is 1. The zero-order valence-corrected chi connectivity index (χ0v) is 14.9. The molecule has 1 N–H and O–H groups in total. The minimum Gasteiger partial charge on any atom is -0.456 e. The highest BCUT2D eigenvalue weighted by Gasteiger charge is 2.42. The first kappa shape index (κ1) is 16.5. The van der Waals surface area contributed by atoms with Gasteiger partial charge in [-0.15, -0.1) is 0 Å². The molecule has 4 nitrogen and oxygen atoms in total. The molecule has 5 rings (SSSR count). The standard InChI is InChI=1S/C22H20FNO3/c23-16-6-2-5-15(9-16)20-17-10-13-3-1-4-14(13)11-18(17)24(7-8-25)19-12-27-22(26)21(19)20/h2,5-6,9-11,20,25H,1,3-4,7-8,12H2. The molecule has 5 heteroatoms. The molecule has 1 unspecified atom stereocenters. The van der Waals surface area contributed by atoms with Crippen LogP contribution >= 0.6 is 0 Å². The minimum atomic E-state index is -0.353. The fourth-order valence-electron chi connectivity index (χ4n) is 4.70. The highest BCUT2D eigenvalue weighted by atomic mass is 19.1. The third-order valence-corrected chi connectivity index (χ3v) is 5.83. The van der Waals surface area contributed by atoms with Gasteiger partial charge in [0.05, 0.1) is 17.9 Å². The molecule has 0 saturated carbocycles. The average Bonchev–Trinajstić information content (AvgIpc) is 3.27. The summed E-state index contributed by atoms with van der Waals surface area (Å²) in [6, 6.07) is 10.8. The molecule has 2 aliphatic heterocycles. The van der Waals surface area contributed by atoms with Crippen LogP contribution in [0, 0.1) is 5.82 Å². The van der Waals surface area contributed by atoms with E-state index in [4.69, 9.17) is 4.74 Å². The Balaban J connectivity index is 1.77. The SMILES string of the molecule is O=C1OCC2=C1C(c1cccc(F)c1)c1cc3c(cc1N2CCO)CCC3. The molecular formula is C22H20FNO3. The van der Waals surface area contributed by atoms with Crippen molar-refractivity contribution >= 4 is 11.7 Å². The number of aliphatic hydroxyl groups excluding tert-OH is 1. The van der Waals surface area contributed by atoms with Gasteiger partial charge in [0, 0.05) is 18.2 Å². The number of esters is 1. The average molecular weight is 365 g/mol. The van der Waals surface area contributed by atoms with E-state index in [1.165, 1.54) is 23.3 Å². The Kier molecular flexibility index (Phi) is 3.79. The van der Waals surface area contributed by atoms with E-state index >= 15 is 0 Å². The van der Waals surface area contributed by atoms with Crippen molar-refractivity contribution in [2.24, 2.45) is 0 Å². The van der Waals surface area contributed by atoms with Crippen LogP contribution in [0.5, 0.6) is 0 Å². The Hall–Kier alpha value is -2.66. The Labute approximate surface area is 156 Å². The van der Waals surface area contributed by atoms with E-state index in [0.29, 0.717) is 12.1 Å². The second kappa shape index (κ2) is 6.20. The first-order valence-electron chi connectivity index (χ1n) is 9.37. The van der Waals surface area contributed by atoms with Gasteiger partial charge in [-0.25, -0.2) is 9.18 Å². The molecule has 2 aromatic rings. The van der Waals surface area contributed by atoms with Gasteiger partial charge in [0.15, 0.2) is 0 Å². The molecule has 2 heterocycles. The van der Waals surface area contributed by atoms with Gasteiger partial charge in [-0.1, -0.05) is 18.2 Å². The lowest BCUT2D eigenvalue weighted by atomic mass is 9.79. The molecule has 0 bridgehead atoms. The van der Waals surface area contributed by atoms with E-state index in [0.717, 1.165) is 41.8 Å². The quantitative estimate of drug-likeness (QED) is 0.850. The van der Waals surface area contributed by atoms with Crippen molar-refractivity contribution < 1.29 is 19.0 Å². The lowest BCUT2D eigenvalue weighted by molar-refractivity contribution is -0.136. The van der Waals surface area contributed by atoms with Crippen LogP contribution < -0.4 is 4.90 Å². The number of anilines is 1. The summed E-state index contributed by atoms with van der Waals surface area (Å²) < 4.78 is 19.3. The number of nitrogens with zero attached hydrogens (tertiary/aromatic N) is 1. The largest absolute Gasteiger partial charge is 0.456 e. The maximum atomic E-state index is 14.0. The molecule has 3 aliphatic rings. The van der Waals surface area contributed by atoms with Crippen molar-refractivity contribution in [1.29, 1.82) is 0 Å². The zero-order chi connectivity index (χ0) is 18.5. The number of benzene rings is 2. The van der Waals surface area contributed by atoms with Gasteiger partial charge < -0.3 is 14.7 Å². The maximum absolute atomic E-state index is 14.0. The van der Waals surface area contributed by atoms with Gasteiger partial charge in [0.25, 0.3) is 0 Å². The van der Waals surface area contributed by atoms with Crippen molar-refractivity contribution in [1.82, 2.24) is 0 Å². The van der Waals surface area contributed by atoms with E-state index < -0.39 is 0 Å². The predicted octanol–water partition coefficient (Wildman–Crippen LogP) is 3.07. The van der Waals surface area contributed by atoms with E-state index in [1.807, 2.05) is 11.0 Å². The van der Waals surface area contributed by atoms with Gasteiger partial charge in [-0.2, -0.15) is 0 Å². The van der Waals surface area contributed by atoms with Gasteiger partial charge in [-0.05, 0) is 59.7 Å². The lowest BCUT2D eigenvalue weighted by Crippen LogP contribution is -2.33. The minimum absolute atomic E-state index is 0.0217. The van der Waals surface area contributed by atoms with E-state index in [1.54, 1.807) is 6.07 Å². The summed E-state index contributed by atoms with van der Waals surface area (Å²) >= 11 is 0. The summed E-state index contributed by atoms with van der Waals surface area (Å²) in [5.41, 5.74) is 6.72. The maximum Gasteiger partial charge on any atom is 0.337 e. The van der Waals surface area contributed by atoms with Gasteiger partial charge in [-0.3, -0.25) is 0 Å². The van der Waals surface area contributed by atoms with E-state index in [2.05, 4.69) is 12.1 Å². The van der Waals surface area contributed by atoms with Crippen LogP contribution in [0.15, 0.2) is 47.7 Å².